The van der Waals surface area contributed by atoms with Crippen molar-refractivity contribution < 1.29 is 27.2 Å². The van der Waals surface area contributed by atoms with E-state index < -0.39 is 0 Å². The van der Waals surface area contributed by atoms with Gasteiger partial charge in [-0.1, -0.05) is 16.5 Å². The number of hydrogen-bond acceptors (Lipinski definition) is 3. The zero-order valence-electron chi connectivity index (χ0n) is 5.34. The highest BCUT2D eigenvalue weighted by atomic mass is 79.9. The van der Waals surface area contributed by atoms with Crippen LogP contribution >= 0.6 is 11.3 Å². The van der Waals surface area contributed by atoms with Crippen molar-refractivity contribution in [1.29, 1.82) is 0 Å². The normalized spacial score (nSPS) is 10.7. The van der Waals surface area contributed by atoms with Crippen LogP contribution in [0.4, 0.5) is 0 Å². The summed E-state index contributed by atoms with van der Waals surface area (Å²) in [5.74, 6) is 0. The maximum Gasteiger partial charge on any atom is 0.239 e. The van der Waals surface area contributed by atoms with E-state index in [1.165, 1.54) is 11.3 Å². The average Bonchev–Trinajstić information content (AvgIpc) is 2.37. The molecule has 0 aliphatic heterocycles. The number of aromatic nitrogens is 1. The van der Waals surface area contributed by atoms with Crippen LogP contribution in [0.15, 0.2) is 16.0 Å². The quantitative estimate of drug-likeness (QED) is 0.327. The highest BCUT2D eigenvalue weighted by Gasteiger charge is 2.04. The maximum absolute atomic E-state index is 8.28. The molecule has 0 amide bonds. The molecule has 3 nitrogen and oxygen atoms in total. The van der Waals surface area contributed by atoms with E-state index in [4.69, 9.17) is 5.21 Å². The van der Waals surface area contributed by atoms with Crippen LogP contribution in [0, 0.1) is 0 Å². The third-order valence-corrected chi connectivity index (χ3v) is 1.63. The highest BCUT2D eigenvalue weighted by molar-refractivity contribution is 7.07. The largest absolute Gasteiger partial charge is 1.00 e. The van der Waals surface area contributed by atoms with Crippen molar-refractivity contribution in [3.63, 3.8) is 0 Å². The Labute approximate surface area is 73.2 Å². The second-order valence-electron chi connectivity index (χ2n) is 1.62. The summed E-state index contributed by atoms with van der Waals surface area (Å²) >= 11 is 1.54. The summed E-state index contributed by atoms with van der Waals surface area (Å²) in [5.41, 5.74) is 3.29. The lowest BCUT2D eigenvalue weighted by Crippen LogP contribution is -3.00. The van der Waals surface area contributed by atoms with Crippen molar-refractivity contribution in [1.82, 2.24) is 0 Å². The lowest BCUT2D eigenvalue weighted by molar-refractivity contribution is -0.372. The summed E-state index contributed by atoms with van der Waals surface area (Å²) in [5, 5.41) is 13.2. The summed E-state index contributed by atoms with van der Waals surface area (Å²) in [6.45, 7) is 1.73. The number of nitrogens with zero attached hydrogens (tertiary/aromatic N) is 1. The average molecular weight is 223 g/mol. The minimum atomic E-state index is 0. The first-order valence-electron chi connectivity index (χ1n) is 2.47. The molecule has 56 valence electrons. The Kier molecular flexibility index (Phi) is 4.22. The van der Waals surface area contributed by atoms with Crippen LogP contribution in [0.5, 0.6) is 0 Å². The lowest BCUT2D eigenvalue weighted by Gasteiger charge is -1.80. The van der Waals surface area contributed by atoms with Gasteiger partial charge in [-0.3, -0.25) is 0 Å². The molecule has 0 unspecified atom stereocenters. The number of halogens is 1. The molecule has 10 heavy (non-hydrogen) atoms. The van der Waals surface area contributed by atoms with Gasteiger partial charge in [0.25, 0.3) is 0 Å². The Morgan fingerprint density at radius 3 is 2.90 bits per heavy atom. The number of thiazole rings is 1. The monoisotopic (exact) mass is 222 g/mol. The highest BCUT2D eigenvalue weighted by Crippen LogP contribution is 1.96. The lowest BCUT2D eigenvalue weighted by atomic mass is 10.3. The Morgan fingerprint density at radius 2 is 2.50 bits per heavy atom. The first-order valence-corrected chi connectivity index (χ1v) is 3.42. The number of nitrogens with one attached hydrogen (secondary N) is 1. The molecule has 0 aliphatic carbocycles. The van der Waals surface area contributed by atoms with Crippen LogP contribution in [-0.4, -0.2) is 10.9 Å². The van der Waals surface area contributed by atoms with Gasteiger partial charge in [0.05, 0.1) is 5.38 Å². The van der Waals surface area contributed by atoms with Gasteiger partial charge < -0.3 is 22.2 Å². The third kappa shape index (κ3) is 2.07. The smallest absolute Gasteiger partial charge is 0.239 e. The van der Waals surface area contributed by atoms with E-state index in [1.54, 1.807) is 6.92 Å². The van der Waals surface area contributed by atoms with Crippen molar-refractivity contribution in [3.05, 3.63) is 16.6 Å². The summed E-state index contributed by atoms with van der Waals surface area (Å²) in [6.07, 6.45) is 0. The molecule has 0 radical (unpaired) electrons. The molecule has 0 saturated heterocycles. The van der Waals surface area contributed by atoms with Crippen LogP contribution in [0.3, 0.4) is 0 Å². The standard InChI is InChI=1S/C5H6N2OS.BrH/c1-4(7-8)5-2-9-3-6-5;/h2-3,8H,1H3;1H/b7-4-;. The first kappa shape index (κ1) is 9.58. The summed E-state index contributed by atoms with van der Waals surface area (Å²) in [4.78, 5) is 2.92. The van der Waals surface area contributed by atoms with E-state index in [2.05, 4.69) is 10.1 Å². The van der Waals surface area contributed by atoms with Gasteiger partial charge in [-0.25, -0.2) is 4.98 Å². The molecular weight excluding hydrogens is 216 g/mol. The summed E-state index contributed by atoms with van der Waals surface area (Å²) in [6, 6.07) is 0. The topological polar surface area (TPSA) is 46.7 Å². The molecule has 0 aromatic carbocycles. The molecule has 0 spiro atoms. The Morgan fingerprint density at radius 1 is 1.80 bits per heavy atom. The Hall–Kier alpha value is -0.420. The van der Waals surface area contributed by atoms with E-state index >= 15 is 0 Å². The van der Waals surface area contributed by atoms with Crippen LogP contribution in [0.1, 0.15) is 12.6 Å². The van der Waals surface area contributed by atoms with Gasteiger partial charge in [-0.2, -0.15) is 0 Å². The number of H-pyrrole nitrogens is 1. The van der Waals surface area contributed by atoms with Gasteiger partial charge in [0.15, 0.2) is 0 Å². The number of oxime groups is 1. The molecule has 0 bridgehead atoms. The molecule has 1 aromatic heterocycles. The van der Waals surface area contributed by atoms with Crippen molar-refractivity contribution in [2.45, 2.75) is 6.92 Å². The molecule has 2 N–H and O–H groups in total. The van der Waals surface area contributed by atoms with Gasteiger partial charge in [0, 0.05) is 0 Å². The molecule has 1 aromatic rings. The molecule has 1 heterocycles. The fraction of sp³-hybridized carbons (Fsp3) is 0.200. The van der Waals surface area contributed by atoms with E-state index in [-0.39, 0.29) is 17.0 Å². The van der Waals surface area contributed by atoms with Gasteiger partial charge >= 0.3 is 0 Å². The van der Waals surface area contributed by atoms with Gasteiger partial charge in [0.2, 0.25) is 11.2 Å². The predicted molar refractivity (Wildman–Crippen MR) is 34.9 cm³/mol. The first-order chi connectivity index (χ1) is 4.34. The molecular formula is C5H7BrN2OS. The van der Waals surface area contributed by atoms with E-state index in [9.17, 15) is 0 Å². The van der Waals surface area contributed by atoms with Gasteiger partial charge in [-0.15, -0.1) is 0 Å². The Balaban J connectivity index is 0.000000810. The van der Waals surface area contributed by atoms with Crippen molar-refractivity contribution >= 4 is 17.0 Å². The summed E-state index contributed by atoms with van der Waals surface area (Å²) in [7, 11) is 0. The van der Waals surface area contributed by atoms with Crippen LogP contribution in [-0.2, 0) is 0 Å². The fourth-order valence-electron chi connectivity index (χ4n) is 0.477. The second-order valence-corrected chi connectivity index (χ2v) is 2.36. The number of aromatic amines is 1. The Bertz CT molecular complexity index is 209. The predicted octanol–water partition coefficient (Wildman–Crippen LogP) is -2.24. The number of rotatable bonds is 1. The van der Waals surface area contributed by atoms with E-state index in [0.717, 1.165) is 5.69 Å². The van der Waals surface area contributed by atoms with Gasteiger partial charge in [-0.05, 0) is 6.92 Å². The van der Waals surface area contributed by atoms with Crippen LogP contribution in [0.25, 0.3) is 0 Å². The molecule has 0 saturated carbocycles. The van der Waals surface area contributed by atoms with Crippen LogP contribution < -0.4 is 22.0 Å². The minimum absolute atomic E-state index is 0. The van der Waals surface area contributed by atoms with Crippen molar-refractivity contribution in [2.24, 2.45) is 5.16 Å². The summed E-state index contributed by atoms with van der Waals surface area (Å²) < 4.78 is 0. The number of hydrogen-bond donors (Lipinski definition) is 1. The maximum atomic E-state index is 8.28. The van der Waals surface area contributed by atoms with Crippen molar-refractivity contribution in [2.75, 3.05) is 0 Å². The molecule has 0 atom stereocenters. The molecule has 1 rings (SSSR count). The molecule has 0 aliphatic rings. The molecule has 0 fully saturated rings. The van der Waals surface area contributed by atoms with Crippen molar-refractivity contribution in [3.8, 4) is 0 Å². The minimum Gasteiger partial charge on any atom is -1.00 e. The van der Waals surface area contributed by atoms with E-state index in [0.29, 0.717) is 5.71 Å². The fourth-order valence-corrected chi connectivity index (χ4v) is 1.11. The second kappa shape index (κ2) is 4.40. The third-order valence-electron chi connectivity index (χ3n) is 1.01. The zero-order chi connectivity index (χ0) is 6.69. The van der Waals surface area contributed by atoms with Gasteiger partial charge in [0.1, 0.15) is 5.71 Å². The SMILES string of the molecule is C/C(=N/O)c1csc[nH+]1.[Br-]. The molecule has 5 heteroatoms. The van der Waals surface area contributed by atoms with Crippen LogP contribution in [0.2, 0.25) is 0 Å². The zero-order valence-corrected chi connectivity index (χ0v) is 7.74. The van der Waals surface area contributed by atoms with E-state index in [1.807, 2.05) is 10.9 Å².